The number of hydrogen-bond donors (Lipinski definition) is 1. The SMILES string of the molecule is CCCCC(C)(Pc1ccccc1CNC)c1cc(C(C)(C)C)cc(C)c1OCc1ccccc1. The number of hydrogen-bond acceptors (Lipinski definition) is 2. The van der Waals surface area contributed by atoms with Gasteiger partial charge in [-0.15, -0.1) is 0 Å². The lowest BCUT2D eigenvalue weighted by Crippen LogP contribution is -2.25. The van der Waals surface area contributed by atoms with Crippen LogP contribution in [-0.2, 0) is 23.7 Å². The zero-order valence-corrected chi connectivity index (χ0v) is 23.8. The third kappa shape index (κ3) is 7.18. The Labute approximate surface area is 215 Å². The zero-order valence-electron chi connectivity index (χ0n) is 22.8. The van der Waals surface area contributed by atoms with Crippen molar-refractivity contribution in [1.29, 1.82) is 0 Å². The van der Waals surface area contributed by atoms with Crippen LogP contribution in [0.5, 0.6) is 5.75 Å². The molecule has 2 atom stereocenters. The molecule has 0 saturated carbocycles. The largest absolute Gasteiger partial charge is 0.488 e. The minimum atomic E-state index is -0.00209. The molecule has 3 rings (SSSR count). The Morgan fingerprint density at radius 1 is 0.914 bits per heavy atom. The summed E-state index contributed by atoms with van der Waals surface area (Å²) in [6.07, 6.45) is 3.54. The van der Waals surface area contributed by atoms with Gasteiger partial charge >= 0.3 is 0 Å². The van der Waals surface area contributed by atoms with Gasteiger partial charge in [-0.2, -0.15) is 0 Å². The van der Waals surface area contributed by atoms with Crippen molar-refractivity contribution in [2.45, 2.75) is 84.5 Å². The first-order valence-corrected chi connectivity index (χ1v) is 14.0. The topological polar surface area (TPSA) is 21.3 Å². The molecule has 0 fully saturated rings. The van der Waals surface area contributed by atoms with Gasteiger partial charge in [0.1, 0.15) is 12.4 Å². The van der Waals surface area contributed by atoms with Gasteiger partial charge in [0.2, 0.25) is 0 Å². The molecule has 0 aliphatic carbocycles. The van der Waals surface area contributed by atoms with Gasteiger partial charge in [0.15, 0.2) is 0 Å². The van der Waals surface area contributed by atoms with Crippen LogP contribution in [0.2, 0.25) is 0 Å². The first kappa shape index (κ1) is 27.4. The molecule has 0 bridgehead atoms. The molecule has 0 amide bonds. The Kier molecular flexibility index (Phi) is 9.56. The summed E-state index contributed by atoms with van der Waals surface area (Å²) in [4.78, 5) is 0. The number of benzene rings is 3. The van der Waals surface area contributed by atoms with Crippen LogP contribution in [0, 0.1) is 6.92 Å². The Morgan fingerprint density at radius 3 is 2.26 bits per heavy atom. The highest BCUT2D eigenvalue weighted by atomic mass is 31.1. The van der Waals surface area contributed by atoms with Crippen molar-refractivity contribution in [2.24, 2.45) is 0 Å². The van der Waals surface area contributed by atoms with Crippen LogP contribution >= 0.6 is 8.58 Å². The molecule has 3 aromatic rings. The Morgan fingerprint density at radius 2 is 1.60 bits per heavy atom. The van der Waals surface area contributed by atoms with E-state index in [0.717, 1.165) is 18.7 Å². The number of rotatable bonds is 11. The summed E-state index contributed by atoms with van der Waals surface area (Å²) in [5.74, 6) is 1.07. The Hall–Kier alpha value is -2.15. The number of nitrogens with one attached hydrogen (secondary N) is 1. The summed E-state index contributed by atoms with van der Waals surface area (Å²) in [5, 5.41) is 4.81. The predicted octanol–water partition coefficient (Wildman–Crippen LogP) is 8.00. The zero-order chi connectivity index (χ0) is 25.5. The van der Waals surface area contributed by atoms with Crippen molar-refractivity contribution in [3.63, 3.8) is 0 Å². The molecule has 0 heterocycles. The molecule has 2 unspecified atom stereocenters. The van der Waals surface area contributed by atoms with Gasteiger partial charge in [-0.1, -0.05) is 123 Å². The van der Waals surface area contributed by atoms with E-state index in [1.54, 1.807) is 0 Å². The van der Waals surface area contributed by atoms with E-state index in [-0.39, 0.29) is 10.6 Å². The van der Waals surface area contributed by atoms with E-state index in [0.29, 0.717) is 15.2 Å². The Bertz CT molecular complexity index is 1090. The van der Waals surface area contributed by atoms with Gasteiger partial charge in [0, 0.05) is 17.3 Å². The summed E-state index contributed by atoms with van der Waals surface area (Å²) in [5.41, 5.74) is 6.66. The molecule has 0 aromatic heterocycles. The molecule has 0 radical (unpaired) electrons. The van der Waals surface area contributed by atoms with Crippen LogP contribution in [0.15, 0.2) is 66.7 Å². The summed E-state index contributed by atoms with van der Waals surface area (Å²) in [6.45, 7) is 15.4. The lowest BCUT2D eigenvalue weighted by molar-refractivity contribution is 0.296. The lowest BCUT2D eigenvalue weighted by atomic mass is 9.82. The van der Waals surface area contributed by atoms with Gasteiger partial charge in [-0.05, 0) is 53.4 Å². The van der Waals surface area contributed by atoms with Gasteiger partial charge < -0.3 is 10.1 Å². The number of unbranched alkanes of at least 4 members (excludes halogenated alkanes) is 1. The highest BCUT2D eigenvalue weighted by Crippen LogP contribution is 2.50. The average molecular weight is 490 g/mol. The van der Waals surface area contributed by atoms with Crippen LogP contribution in [0.1, 0.15) is 81.7 Å². The van der Waals surface area contributed by atoms with Crippen LogP contribution in [0.25, 0.3) is 0 Å². The number of ether oxygens (including phenoxy) is 1. The second kappa shape index (κ2) is 12.2. The normalized spacial score (nSPS) is 13.8. The molecule has 0 spiro atoms. The summed E-state index contributed by atoms with van der Waals surface area (Å²) < 4.78 is 6.66. The fraction of sp³-hybridized carbons (Fsp3) is 0.438. The van der Waals surface area contributed by atoms with Crippen LogP contribution < -0.4 is 15.4 Å². The maximum absolute atomic E-state index is 6.66. The standard InChI is InChI=1S/C32H44NOP/c1-8-9-19-32(6,35-29-18-14-13-17-26(29)22-33-7)28-21-27(31(3,4)5)20-24(2)30(28)34-23-25-15-11-10-12-16-25/h10-18,20-21,33,35H,8-9,19,22-23H2,1-7H3. The van der Waals surface area contributed by atoms with E-state index in [1.165, 1.54) is 46.0 Å². The predicted molar refractivity (Wildman–Crippen MR) is 155 cm³/mol. The van der Waals surface area contributed by atoms with Gasteiger partial charge in [0.25, 0.3) is 0 Å². The molecule has 3 heteroatoms. The summed E-state index contributed by atoms with van der Waals surface area (Å²) in [6, 6.07) is 24.2. The molecule has 0 aliphatic heterocycles. The van der Waals surface area contributed by atoms with Gasteiger partial charge in [-0.3, -0.25) is 0 Å². The van der Waals surface area contributed by atoms with Crippen molar-refractivity contribution < 1.29 is 4.74 Å². The minimum absolute atomic E-state index is 0.00209. The van der Waals surface area contributed by atoms with Crippen molar-refractivity contribution in [3.05, 3.63) is 94.5 Å². The van der Waals surface area contributed by atoms with E-state index in [2.05, 4.69) is 114 Å². The first-order chi connectivity index (χ1) is 16.7. The van der Waals surface area contributed by atoms with Crippen LogP contribution in [0.3, 0.4) is 0 Å². The third-order valence-corrected chi connectivity index (χ3v) is 8.61. The van der Waals surface area contributed by atoms with E-state index >= 15 is 0 Å². The van der Waals surface area contributed by atoms with E-state index in [1.807, 2.05) is 7.05 Å². The van der Waals surface area contributed by atoms with E-state index < -0.39 is 0 Å². The molecule has 0 aliphatic rings. The van der Waals surface area contributed by atoms with Gasteiger partial charge in [0.05, 0.1) is 0 Å². The fourth-order valence-corrected chi connectivity index (χ4v) is 6.35. The smallest absolute Gasteiger partial charge is 0.126 e. The van der Waals surface area contributed by atoms with E-state index in [4.69, 9.17) is 4.74 Å². The Balaban J connectivity index is 2.13. The summed E-state index contributed by atoms with van der Waals surface area (Å²) in [7, 11) is 2.70. The molecular weight excluding hydrogens is 445 g/mol. The maximum atomic E-state index is 6.66. The lowest BCUT2D eigenvalue weighted by Gasteiger charge is -2.35. The average Bonchev–Trinajstić information content (AvgIpc) is 2.83. The highest BCUT2D eigenvalue weighted by Gasteiger charge is 2.33. The monoisotopic (exact) mass is 489 g/mol. The molecule has 3 aromatic carbocycles. The first-order valence-electron chi connectivity index (χ1n) is 13.0. The third-order valence-electron chi connectivity index (χ3n) is 6.79. The van der Waals surface area contributed by atoms with Crippen LogP contribution in [-0.4, -0.2) is 7.05 Å². The molecule has 0 saturated heterocycles. The van der Waals surface area contributed by atoms with Crippen LogP contribution in [0.4, 0.5) is 0 Å². The quantitative estimate of drug-likeness (QED) is 0.276. The summed E-state index contributed by atoms with van der Waals surface area (Å²) >= 11 is 0. The minimum Gasteiger partial charge on any atom is -0.488 e. The molecule has 2 nitrogen and oxygen atoms in total. The molecule has 35 heavy (non-hydrogen) atoms. The maximum Gasteiger partial charge on any atom is 0.126 e. The highest BCUT2D eigenvalue weighted by molar-refractivity contribution is 7.48. The second-order valence-electron chi connectivity index (χ2n) is 10.9. The molecule has 188 valence electrons. The molecular formula is C32H44NOP. The van der Waals surface area contributed by atoms with Crippen molar-refractivity contribution in [1.82, 2.24) is 5.32 Å². The van der Waals surface area contributed by atoms with Gasteiger partial charge in [-0.25, -0.2) is 0 Å². The van der Waals surface area contributed by atoms with Crippen molar-refractivity contribution in [3.8, 4) is 5.75 Å². The number of aryl methyl sites for hydroxylation is 1. The van der Waals surface area contributed by atoms with E-state index in [9.17, 15) is 0 Å². The fourth-order valence-electron chi connectivity index (χ4n) is 4.62. The van der Waals surface area contributed by atoms with Crippen molar-refractivity contribution >= 4 is 13.9 Å². The second-order valence-corrected chi connectivity index (χ2v) is 12.8. The molecule has 1 N–H and O–H groups in total. The van der Waals surface area contributed by atoms with Crippen molar-refractivity contribution in [2.75, 3.05) is 7.05 Å².